The van der Waals surface area contributed by atoms with Gasteiger partial charge in [-0.15, -0.1) is 11.3 Å². The number of ether oxygens (including phenoxy) is 1. The summed E-state index contributed by atoms with van der Waals surface area (Å²) in [4.78, 5) is 43.5. The lowest BCUT2D eigenvalue weighted by atomic mass is 10.2. The van der Waals surface area contributed by atoms with Crippen LogP contribution >= 0.6 is 47.1 Å². The van der Waals surface area contributed by atoms with Crippen LogP contribution in [-0.4, -0.2) is 51.3 Å². The Morgan fingerprint density at radius 2 is 1.97 bits per heavy atom. The summed E-state index contributed by atoms with van der Waals surface area (Å²) in [6.07, 6.45) is 2.31. The molecule has 2 heterocycles. The van der Waals surface area contributed by atoms with E-state index in [1.807, 2.05) is 48.5 Å². The molecule has 1 aromatic heterocycles. The molecule has 0 unspecified atom stereocenters. The van der Waals surface area contributed by atoms with Crippen LogP contribution in [-0.2, 0) is 14.4 Å². The van der Waals surface area contributed by atoms with Crippen molar-refractivity contribution in [2.24, 2.45) is 0 Å². The summed E-state index contributed by atoms with van der Waals surface area (Å²) in [6.45, 7) is 0.314. The zero-order valence-corrected chi connectivity index (χ0v) is 22.5. The number of nitrogens with zero attached hydrogens (tertiary/aromatic N) is 2. The monoisotopic (exact) mass is 558 g/mol. The van der Waals surface area contributed by atoms with E-state index in [2.05, 4.69) is 15.8 Å². The van der Waals surface area contributed by atoms with Crippen LogP contribution in [0.5, 0.6) is 5.75 Å². The summed E-state index contributed by atoms with van der Waals surface area (Å²) < 4.78 is 7.53. The number of amides is 3. The number of carbonyl (C=O) groups excluding carboxylic acids is 3. The van der Waals surface area contributed by atoms with Gasteiger partial charge in [0.2, 0.25) is 11.8 Å². The van der Waals surface area contributed by atoms with Crippen molar-refractivity contribution in [1.29, 1.82) is 0 Å². The molecule has 1 aliphatic heterocycles. The van der Waals surface area contributed by atoms with E-state index < -0.39 is 0 Å². The summed E-state index contributed by atoms with van der Waals surface area (Å²) in [6, 6.07) is 15.2. The van der Waals surface area contributed by atoms with Crippen LogP contribution in [0.15, 0.2) is 57.8 Å². The topological polar surface area (TPSA) is 101 Å². The number of carbonyl (C=O) groups is 3. The number of para-hydroxylation sites is 1. The Bertz CT molecular complexity index is 1310. The number of thioether (sulfide) groups is 2. The second-order valence-electron chi connectivity index (χ2n) is 7.55. The van der Waals surface area contributed by atoms with E-state index in [9.17, 15) is 14.4 Å². The van der Waals surface area contributed by atoms with Gasteiger partial charge in [-0.05, 0) is 42.3 Å². The molecule has 4 rings (SSSR count). The van der Waals surface area contributed by atoms with Gasteiger partial charge in [0.25, 0.3) is 5.91 Å². The number of methoxy groups -OCH3 is 1. The third kappa shape index (κ3) is 6.84. The normalized spacial score (nSPS) is 14.5. The molecule has 0 spiro atoms. The van der Waals surface area contributed by atoms with E-state index >= 15 is 0 Å². The summed E-state index contributed by atoms with van der Waals surface area (Å²) in [5.74, 6) is -0.0185. The summed E-state index contributed by atoms with van der Waals surface area (Å²) in [5, 5.41) is 0. The Kier molecular flexibility index (Phi) is 8.97. The van der Waals surface area contributed by atoms with Gasteiger partial charge < -0.3 is 4.74 Å². The van der Waals surface area contributed by atoms with Crippen molar-refractivity contribution in [1.82, 2.24) is 20.7 Å². The number of rotatable bonds is 9. The number of hydrogen-bond acceptors (Lipinski definition) is 9. The van der Waals surface area contributed by atoms with Gasteiger partial charge in [0, 0.05) is 13.0 Å². The van der Waals surface area contributed by atoms with Gasteiger partial charge in [0.15, 0.2) is 4.34 Å². The lowest BCUT2D eigenvalue weighted by molar-refractivity contribution is -0.128. The summed E-state index contributed by atoms with van der Waals surface area (Å²) in [7, 11) is 1.59. The smallest absolute Gasteiger partial charge is 0.266 e. The first-order valence-corrected chi connectivity index (χ1v) is 13.9. The van der Waals surface area contributed by atoms with Crippen molar-refractivity contribution in [2.75, 3.05) is 19.4 Å². The molecule has 0 radical (unpaired) electrons. The molecule has 8 nitrogen and oxygen atoms in total. The average Bonchev–Trinajstić information content (AvgIpc) is 3.42. The minimum atomic E-state index is -0.342. The maximum Gasteiger partial charge on any atom is 0.266 e. The van der Waals surface area contributed by atoms with Crippen LogP contribution in [0.3, 0.4) is 0 Å². The first-order valence-electron chi connectivity index (χ1n) is 10.9. The predicted molar refractivity (Wildman–Crippen MR) is 149 cm³/mol. The first kappa shape index (κ1) is 26.1. The molecular formula is C24H22N4O4S4. The average molecular weight is 559 g/mol. The molecule has 3 aromatic rings. The van der Waals surface area contributed by atoms with E-state index in [1.165, 1.54) is 39.8 Å². The number of fused-ring (bicyclic) bond motifs is 1. The van der Waals surface area contributed by atoms with Crippen molar-refractivity contribution in [3.05, 3.63) is 59.0 Å². The molecule has 0 aliphatic carbocycles. The van der Waals surface area contributed by atoms with E-state index in [4.69, 9.17) is 17.0 Å². The number of thiazole rings is 1. The molecule has 36 heavy (non-hydrogen) atoms. The van der Waals surface area contributed by atoms with Crippen LogP contribution in [0.2, 0.25) is 0 Å². The Hall–Kier alpha value is -2.93. The zero-order valence-electron chi connectivity index (χ0n) is 19.2. The number of hydrazine groups is 1. The van der Waals surface area contributed by atoms with Crippen LogP contribution in [0.4, 0.5) is 0 Å². The highest BCUT2D eigenvalue weighted by Crippen LogP contribution is 2.33. The fraction of sp³-hybridized carbons (Fsp3) is 0.208. The lowest BCUT2D eigenvalue weighted by Gasteiger charge is -2.14. The molecule has 0 saturated carbocycles. The fourth-order valence-electron chi connectivity index (χ4n) is 3.25. The maximum absolute atomic E-state index is 12.8. The van der Waals surface area contributed by atoms with Gasteiger partial charge in [-0.2, -0.15) is 0 Å². The van der Waals surface area contributed by atoms with Gasteiger partial charge in [-0.25, -0.2) is 4.98 Å². The number of benzene rings is 2. The fourth-order valence-corrected chi connectivity index (χ4v) is 6.43. The zero-order chi connectivity index (χ0) is 25.5. The van der Waals surface area contributed by atoms with Gasteiger partial charge in [0.05, 0.1) is 28.0 Å². The quantitative estimate of drug-likeness (QED) is 0.174. The molecule has 0 atom stereocenters. The minimum absolute atomic E-state index is 0.135. The Morgan fingerprint density at radius 3 is 2.78 bits per heavy atom. The molecule has 186 valence electrons. The van der Waals surface area contributed by atoms with Crippen molar-refractivity contribution in [2.45, 2.75) is 17.2 Å². The molecule has 1 saturated heterocycles. The highest BCUT2D eigenvalue weighted by Gasteiger charge is 2.31. The summed E-state index contributed by atoms with van der Waals surface area (Å²) in [5.41, 5.74) is 6.56. The molecule has 2 aromatic carbocycles. The van der Waals surface area contributed by atoms with Crippen molar-refractivity contribution in [3.63, 3.8) is 0 Å². The Labute approximate surface area is 225 Å². The van der Waals surface area contributed by atoms with Crippen LogP contribution in [0.1, 0.15) is 18.4 Å². The Balaban J connectivity index is 1.18. The van der Waals surface area contributed by atoms with Crippen molar-refractivity contribution >= 4 is 85.4 Å². The number of hydrogen-bond donors (Lipinski definition) is 2. The third-order valence-corrected chi connectivity index (χ3v) is 8.55. The van der Waals surface area contributed by atoms with E-state index in [0.29, 0.717) is 27.9 Å². The minimum Gasteiger partial charge on any atom is -0.497 e. The van der Waals surface area contributed by atoms with Gasteiger partial charge in [-0.1, -0.05) is 60.0 Å². The second kappa shape index (κ2) is 12.3. The molecule has 3 amide bonds. The van der Waals surface area contributed by atoms with Gasteiger partial charge in [0.1, 0.15) is 10.1 Å². The highest BCUT2D eigenvalue weighted by atomic mass is 32.2. The molecular weight excluding hydrogens is 537 g/mol. The van der Waals surface area contributed by atoms with Crippen LogP contribution in [0, 0.1) is 0 Å². The van der Waals surface area contributed by atoms with Crippen LogP contribution < -0.4 is 15.6 Å². The van der Waals surface area contributed by atoms with Gasteiger partial charge >= 0.3 is 0 Å². The lowest BCUT2D eigenvalue weighted by Crippen LogP contribution is -2.42. The highest BCUT2D eigenvalue weighted by molar-refractivity contribution is 8.26. The molecule has 1 aliphatic rings. The second-order valence-corrected chi connectivity index (χ2v) is 11.5. The van der Waals surface area contributed by atoms with Crippen molar-refractivity contribution in [3.8, 4) is 5.75 Å². The van der Waals surface area contributed by atoms with E-state index in [1.54, 1.807) is 13.2 Å². The molecule has 12 heteroatoms. The van der Waals surface area contributed by atoms with E-state index in [0.717, 1.165) is 20.1 Å². The third-order valence-electron chi connectivity index (χ3n) is 4.99. The maximum atomic E-state index is 12.8. The molecule has 1 fully saturated rings. The number of aromatic nitrogens is 1. The van der Waals surface area contributed by atoms with Gasteiger partial charge in [-0.3, -0.25) is 30.1 Å². The Morgan fingerprint density at radius 1 is 1.17 bits per heavy atom. The number of nitrogens with one attached hydrogen (secondary N) is 2. The largest absolute Gasteiger partial charge is 0.497 e. The predicted octanol–water partition coefficient (Wildman–Crippen LogP) is 4.23. The molecule has 2 N–H and O–H groups in total. The summed E-state index contributed by atoms with van der Waals surface area (Å²) >= 11 is 9.42. The van der Waals surface area contributed by atoms with E-state index in [-0.39, 0.29) is 29.9 Å². The van der Waals surface area contributed by atoms with Crippen molar-refractivity contribution < 1.29 is 19.1 Å². The molecule has 0 bridgehead atoms. The standard InChI is InChI=1S/C24H22N4O4S4/c1-32-16-7-4-6-15(12-16)13-19-22(31)28(24(33)36-19)11-5-10-20(29)26-27-21(30)14-34-23-25-17-8-2-3-9-18(17)35-23/h2-4,6-9,12-13H,5,10-11,14H2,1H3,(H,26,29)(H,27,30)/b19-13+. The first-order chi connectivity index (χ1) is 17.4. The van der Waals surface area contributed by atoms with Crippen LogP contribution in [0.25, 0.3) is 16.3 Å². The SMILES string of the molecule is COc1cccc(/C=C2/SC(=S)N(CCCC(=O)NNC(=O)CSc3nc4ccccc4s3)C2=O)c1. The number of thiocarbonyl (C=S) groups is 1.